The third kappa shape index (κ3) is 1.76. The minimum absolute atomic E-state index is 0.235. The highest BCUT2D eigenvalue weighted by molar-refractivity contribution is 9.10. The van der Waals surface area contributed by atoms with Crippen LogP contribution in [0.1, 0.15) is 6.42 Å². The van der Waals surface area contributed by atoms with Gasteiger partial charge in [-0.2, -0.15) is 0 Å². The van der Waals surface area contributed by atoms with Gasteiger partial charge in [0.25, 0.3) is 0 Å². The lowest BCUT2D eigenvalue weighted by Gasteiger charge is -2.26. The second kappa shape index (κ2) is 4.09. The highest BCUT2D eigenvalue weighted by Gasteiger charge is 2.24. The lowest BCUT2D eigenvalue weighted by Crippen LogP contribution is -2.49. The van der Waals surface area contributed by atoms with Gasteiger partial charge in [0.2, 0.25) is 5.91 Å². The number of hydrogen-bond acceptors (Lipinski definition) is 3. The van der Waals surface area contributed by atoms with E-state index in [0.29, 0.717) is 13.0 Å². The maximum absolute atomic E-state index is 11.7. The van der Waals surface area contributed by atoms with Crippen molar-refractivity contribution in [3.05, 3.63) is 29.1 Å². The fourth-order valence-corrected chi connectivity index (χ4v) is 2.30. The maximum Gasteiger partial charge on any atom is 0.328 e. The number of carbonyl (C=O) groups excluding carboxylic acids is 2. The van der Waals surface area contributed by atoms with Gasteiger partial charge in [-0.05, 0) is 28.1 Å². The van der Waals surface area contributed by atoms with Crippen molar-refractivity contribution in [2.24, 2.45) is 0 Å². The number of rotatable bonds is 1. The molecule has 7 heteroatoms. The van der Waals surface area contributed by atoms with E-state index in [1.807, 2.05) is 22.7 Å². The molecule has 0 aliphatic carbocycles. The third-order valence-electron chi connectivity index (χ3n) is 2.81. The van der Waals surface area contributed by atoms with Crippen molar-refractivity contribution < 1.29 is 9.59 Å². The summed E-state index contributed by atoms with van der Waals surface area (Å²) >= 11 is 3.38. The number of pyridine rings is 1. The molecule has 3 amide bonds. The summed E-state index contributed by atoms with van der Waals surface area (Å²) in [6.45, 7) is 0.391. The number of anilines is 1. The third-order valence-corrected chi connectivity index (χ3v) is 3.40. The van der Waals surface area contributed by atoms with Gasteiger partial charge in [-0.3, -0.25) is 19.4 Å². The average molecular weight is 309 g/mol. The number of nitrogens with zero attached hydrogens (tertiary/aromatic N) is 3. The van der Waals surface area contributed by atoms with Gasteiger partial charge in [-0.25, -0.2) is 9.78 Å². The zero-order valence-electron chi connectivity index (χ0n) is 9.26. The Kier molecular flexibility index (Phi) is 2.55. The summed E-state index contributed by atoms with van der Waals surface area (Å²) in [5, 5.41) is 2.30. The Labute approximate surface area is 111 Å². The van der Waals surface area contributed by atoms with E-state index < -0.39 is 0 Å². The predicted octanol–water partition coefficient (Wildman–Crippen LogP) is 1.54. The first-order valence-electron chi connectivity index (χ1n) is 5.39. The molecule has 0 bridgehead atoms. The smallest absolute Gasteiger partial charge is 0.292 e. The first-order valence-corrected chi connectivity index (χ1v) is 6.18. The number of hydrogen-bond donors (Lipinski definition) is 1. The Balaban J connectivity index is 2.01. The van der Waals surface area contributed by atoms with Crippen LogP contribution in [0.15, 0.2) is 29.1 Å². The molecular formula is C11H9BrN4O2. The number of aromatic nitrogens is 2. The Morgan fingerprint density at radius 2 is 2.17 bits per heavy atom. The highest BCUT2D eigenvalue weighted by atomic mass is 79.9. The summed E-state index contributed by atoms with van der Waals surface area (Å²) in [6, 6.07) is 3.25. The van der Waals surface area contributed by atoms with Crippen molar-refractivity contribution in [3.8, 4) is 0 Å². The molecule has 18 heavy (non-hydrogen) atoms. The van der Waals surface area contributed by atoms with Gasteiger partial charge in [0.15, 0.2) is 0 Å². The summed E-state index contributed by atoms with van der Waals surface area (Å²) in [4.78, 5) is 28.5. The van der Waals surface area contributed by atoms with Crippen LogP contribution in [0.3, 0.4) is 0 Å². The van der Waals surface area contributed by atoms with E-state index in [0.717, 1.165) is 15.9 Å². The number of imide groups is 1. The van der Waals surface area contributed by atoms with E-state index in [1.165, 1.54) is 4.90 Å². The predicted molar refractivity (Wildman–Crippen MR) is 68.4 cm³/mol. The lowest BCUT2D eigenvalue weighted by molar-refractivity contribution is -0.120. The molecule has 1 N–H and O–H groups in total. The van der Waals surface area contributed by atoms with Crippen LogP contribution < -0.4 is 10.2 Å². The SMILES string of the molecule is O=C1CCN(c2ccc3ncc(Br)n3c2)C(=O)N1. The van der Waals surface area contributed by atoms with Crippen molar-refractivity contribution in [2.75, 3.05) is 11.4 Å². The normalized spacial score (nSPS) is 16.2. The molecule has 3 heterocycles. The van der Waals surface area contributed by atoms with Crippen LogP contribution in [0.25, 0.3) is 5.65 Å². The molecular weight excluding hydrogens is 300 g/mol. The largest absolute Gasteiger partial charge is 0.328 e. The number of nitrogens with one attached hydrogen (secondary N) is 1. The van der Waals surface area contributed by atoms with Crippen LogP contribution in [0, 0.1) is 0 Å². The first kappa shape index (κ1) is 11.2. The maximum atomic E-state index is 11.7. The minimum Gasteiger partial charge on any atom is -0.292 e. The molecule has 1 aliphatic heterocycles. The number of carbonyl (C=O) groups is 2. The Hall–Kier alpha value is -1.89. The molecule has 0 spiro atoms. The van der Waals surface area contributed by atoms with Crippen molar-refractivity contribution >= 4 is 39.2 Å². The standard InChI is InChI=1S/C11H9BrN4O2/c12-8-5-13-9-2-1-7(6-16(8)9)15-4-3-10(17)14-11(15)18/h1-2,5-6H,3-4H2,(H,14,17,18). The average Bonchev–Trinajstić information content (AvgIpc) is 2.71. The number of urea groups is 1. The fraction of sp³-hybridized carbons (Fsp3) is 0.182. The molecule has 3 rings (SSSR count). The zero-order valence-corrected chi connectivity index (χ0v) is 10.8. The Morgan fingerprint density at radius 1 is 1.33 bits per heavy atom. The molecule has 0 radical (unpaired) electrons. The fourth-order valence-electron chi connectivity index (χ4n) is 1.91. The lowest BCUT2D eigenvalue weighted by atomic mass is 10.3. The van der Waals surface area contributed by atoms with Crippen LogP contribution in [0.4, 0.5) is 10.5 Å². The molecule has 0 saturated carbocycles. The summed E-state index contributed by atoms with van der Waals surface area (Å²) in [5.41, 5.74) is 1.52. The second-order valence-electron chi connectivity index (χ2n) is 3.95. The Morgan fingerprint density at radius 3 is 2.94 bits per heavy atom. The van der Waals surface area contributed by atoms with Crippen molar-refractivity contribution in [1.29, 1.82) is 0 Å². The minimum atomic E-state index is -0.387. The monoisotopic (exact) mass is 308 g/mol. The van der Waals surface area contributed by atoms with E-state index in [9.17, 15) is 9.59 Å². The molecule has 92 valence electrons. The molecule has 6 nitrogen and oxygen atoms in total. The summed E-state index contributed by atoms with van der Waals surface area (Å²) in [5.74, 6) is -0.235. The van der Waals surface area contributed by atoms with Gasteiger partial charge >= 0.3 is 6.03 Å². The van der Waals surface area contributed by atoms with E-state index in [1.54, 1.807) is 6.20 Å². The molecule has 2 aromatic heterocycles. The number of halogens is 1. The molecule has 0 atom stereocenters. The van der Waals surface area contributed by atoms with Gasteiger partial charge < -0.3 is 0 Å². The van der Waals surface area contributed by atoms with Gasteiger partial charge in [-0.15, -0.1) is 0 Å². The van der Waals surface area contributed by atoms with Gasteiger partial charge in [0, 0.05) is 19.2 Å². The summed E-state index contributed by atoms with van der Waals surface area (Å²) in [7, 11) is 0. The van der Waals surface area contributed by atoms with E-state index in [2.05, 4.69) is 26.2 Å². The zero-order chi connectivity index (χ0) is 12.7. The number of imidazole rings is 1. The number of amides is 3. The van der Waals surface area contributed by atoms with Crippen LogP contribution in [0.2, 0.25) is 0 Å². The molecule has 0 unspecified atom stereocenters. The van der Waals surface area contributed by atoms with Crippen molar-refractivity contribution in [2.45, 2.75) is 6.42 Å². The number of fused-ring (bicyclic) bond motifs is 1. The molecule has 0 aromatic carbocycles. The second-order valence-corrected chi connectivity index (χ2v) is 4.76. The van der Waals surface area contributed by atoms with Crippen molar-refractivity contribution in [3.63, 3.8) is 0 Å². The van der Waals surface area contributed by atoms with Gasteiger partial charge in [0.1, 0.15) is 10.3 Å². The first-order chi connectivity index (χ1) is 8.65. The Bertz CT molecular complexity index is 652. The summed E-state index contributed by atoms with van der Waals surface area (Å²) in [6.07, 6.45) is 3.82. The molecule has 1 saturated heterocycles. The van der Waals surface area contributed by atoms with Crippen molar-refractivity contribution in [1.82, 2.24) is 14.7 Å². The van der Waals surface area contributed by atoms with Crippen LogP contribution >= 0.6 is 15.9 Å². The molecule has 2 aromatic rings. The van der Waals surface area contributed by atoms with E-state index in [4.69, 9.17) is 0 Å². The topological polar surface area (TPSA) is 66.7 Å². The molecule has 1 fully saturated rings. The van der Waals surface area contributed by atoms with Crippen LogP contribution in [-0.4, -0.2) is 27.9 Å². The highest BCUT2D eigenvalue weighted by Crippen LogP contribution is 2.21. The summed E-state index contributed by atoms with van der Waals surface area (Å²) < 4.78 is 2.65. The van der Waals surface area contributed by atoms with Crippen LogP contribution in [-0.2, 0) is 4.79 Å². The van der Waals surface area contributed by atoms with Gasteiger partial charge in [-0.1, -0.05) is 0 Å². The van der Waals surface area contributed by atoms with Gasteiger partial charge in [0.05, 0.1) is 11.9 Å². The quantitative estimate of drug-likeness (QED) is 0.869. The molecule has 1 aliphatic rings. The van der Waals surface area contributed by atoms with E-state index in [-0.39, 0.29) is 11.9 Å². The van der Waals surface area contributed by atoms with Crippen LogP contribution in [0.5, 0.6) is 0 Å². The van der Waals surface area contributed by atoms with E-state index >= 15 is 0 Å².